The molecule has 6 heteroatoms. The van der Waals surface area contributed by atoms with Crippen molar-refractivity contribution in [3.05, 3.63) is 64.1 Å². The van der Waals surface area contributed by atoms with Gasteiger partial charge in [0.05, 0.1) is 11.0 Å². The van der Waals surface area contributed by atoms with E-state index in [4.69, 9.17) is 9.78 Å². The molecular weight excluding hydrogens is 380 g/mol. The Kier molecular flexibility index (Phi) is 4.69. The minimum absolute atomic E-state index is 0.262. The topological polar surface area (TPSA) is 75.6 Å². The van der Waals surface area contributed by atoms with Gasteiger partial charge in [-0.25, -0.2) is 4.98 Å². The Morgan fingerprint density at radius 3 is 2.44 bits per heavy atom. The van der Waals surface area contributed by atoms with Gasteiger partial charge in [-0.15, -0.1) is 0 Å². The maximum absolute atomic E-state index is 8.85. The lowest BCUT2D eigenvalue weighted by Crippen LogP contribution is -2.31. The lowest BCUT2D eigenvalue weighted by Gasteiger charge is -2.31. The largest absolute Gasteiger partial charge is 0.334 e. The SMILES string of the molecule is CC(C)C(C)(c1ccc(Br)cc1)c1noc(-c2ccc(C#N)nc2)n1. The number of nitriles is 1. The standard InChI is InChI=1S/C19H17BrN4O/c1-12(2)19(3,14-5-7-15(20)8-6-14)18-23-17(25-24-18)13-4-9-16(10-21)22-11-13/h4-9,11-12H,1-3H3. The molecule has 3 aromatic rings. The number of benzene rings is 1. The highest BCUT2D eigenvalue weighted by molar-refractivity contribution is 9.10. The van der Waals surface area contributed by atoms with E-state index in [9.17, 15) is 0 Å². The second kappa shape index (κ2) is 6.77. The van der Waals surface area contributed by atoms with Crippen molar-refractivity contribution in [3.63, 3.8) is 0 Å². The maximum atomic E-state index is 8.85. The van der Waals surface area contributed by atoms with E-state index in [-0.39, 0.29) is 11.3 Å². The molecule has 5 nitrogen and oxygen atoms in total. The zero-order chi connectivity index (χ0) is 18.0. The van der Waals surface area contributed by atoms with Crippen molar-refractivity contribution in [2.24, 2.45) is 5.92 Å². The van der Waals surface area contributed by atoms with Crippen LogP contribution in [-0.2, 0) is 5.41 Å². The Morgan fingerprint density at radius 1 is 1.16 bits per heavy atom. The fourth-order valence-corrected chi connectivity index (χ4v) is 2.92. The van der Waals surface area contributed by atoms with Crippen molar-refractivity contribution >= 4 is 15.9 Å². The molecule has 126 valence electrons. The summed E-state index contributed by atoms with van der Waals surface area (Å²) >= 11 is 3.47. The summed E-state index contributed by atoms with van der Waals surface area (Å²) in [7, 11) is 0. The van der Waals surface area contributed by atoms with Crippen LogP contribution >= 0.6 is 15.9 Å². The predicted molar refractivity (Wildman–Crippen MR) is 97.7 cm³/mol. The van der Waals surface area contributed by atoms with Gasteiger partial charge >= 0.3 is 0 Å². The number of rotatable bonds is 4. The smallest absolute Gasteiger partial charge is 0.259 e. The molecule has 1 unspecified atom stereocenters. The third-order valence-corrected chi connectivity index (χ3v) is 5.14. The fourth-order valence-electron chi connectivity index (χ4n) is 2.65. The molecule has 0 bridgehead atoms. The molecule has 0 radical (unpaired) electrons. The monoisotopic (exact) mass is 396 g/mol. The first kappa shape index (κ1) is 17.3. The third-order valence-electron chi connectivity index (χ3n) is 4.61. The van der Waals surface area contributed by atoms with E-state index < -0.39 is 0 Å². The number of nitrogens with zero attached hydrogens (tertiary/aromatic N) is 4. The number of hydrogen-bond acceptors (Lipinski definition) is 5. The summed E-state index contributed by atoms with van der Waals surface area (Å²) in [5.74, 6) is 1.29. The number of halogens is 1. The van der Waals surface area contributed by atoms with Crippen molar-refractivity contribution in [2.75, 3.05) is 0 Å². The summed E-state index contributed by atoms with van der Waals surface area (Å²) in [6.07, 6.45) is 1.57. The van der Waals surface area contributed by atoms with Crippen LogP contribution in [0.4, 0.5) is 0 Å². The first-order chi connectivity index (χ1) is 11.9. The van der Waals surface area contributed by atoms with Crippen LogP contribution in [0.5, 0.6) is 0 Å². The quantitative estimate of drug-likeness (QED) is 0.636. The van der Waals surface area contributed by atoms with Crippen LogP contribution in [0.3, 0.4) is 0 Å². The van der Waals surface area contributed by atoms with E-state index in [0.29, 0.717) is 23.0 Å². The van der Waals surface area contributed by atoms with E-state index in [0.717, 1.165) is 10.0 Å². The first-order valence-electron chi connectivity index (χ1n) is 7.92. The lowest BCUT2D eigenvalue weighted by molar-refractivity contribution is 0.350. The Labute approximate surface area is 154 Å². The van der Waals surface area contributed by atoms with Crippen molar-refractivity contribution in [1.29, 1.82) is 5.26 Å². The molecule has 25 heavy (non-hydrogen) atoms. The predicted octanol–water partition coefficient (Wildman–Crippen LogP) is 4.73. The van der Waals surface area contributed by atoms with Gasteiger partial charge in [0.25, 0.3) is 5.89 Å². The third kappa shape index (κ3) is 3.20. The van der Waals surface area contributed by atoms with Gasteiger partial charge in [0, 0.05) is 10.7 Å². The Morgan fingerprint density at radius 2 is 1.88 bits per heavy atom. The fraction of sp³-hybridized carbons (Fsp3) is 0.263. The van der Waals surface area contributed by atoms with E-state index in [1.807, 2.05) is 18.2 Å². The van der Waals surface area contributed by atoms with Crippen LogP contribution in [0, 0.1) is 17.2 Å². The van der Waals surface area contributed by atoms with Gasteiger partial charge in [0.15, 0.2) is 5.82 Å². The van der Waals surface area contributed by atoms with Gasteiger partial charge in [-0.2, -0.15) is 10.2 Å². The van der Waals surface area contributed by atoms with Crippen LogP contribution in [0.25, 0.3) is 11.5 Å². The van der Waals surface area contributed by atoms with Crippen molar-refractivity contribution in [2.45, 2.75) is 26.2 Å². The van der Waals surface area contributed by atoms with Gasteiger partial charge in [-0.3, -0.25) is 0 Å². The van der Waals surface area contributed by atoms with Gasteiger partial charge in [-0.05, 0) is 42.7 Å². The summed E-state index contributed by atoms with van der Waals surface area (Å²) < 4.78 is 6.50. The van der Waals surface area contributed by atoms with Crippen LogP contribution in [0.15, 0.2) is 51.6 Å². The minimum Gasteiger partial charge on any atom is -0.334 e. The second-order valence-electron chi connectivity index (χ2n) is 6.33. The molecule has 2 heterocycles. The molecule has 0 aliphatic heterocycles. The molecule has 0 N–H and O–H groups in total. The molecule has 0 aliphatic rings. The number of hydrogen-bond donors (Lipinski definition) is 0. The minimum atomic E-state index is -0.386. The van der Waals surface area contributed by atoms with Crippen LogP contribution < -0.4 is 0 Å². The van der Waals surface area contributed by atoms with Gasteiger partial charge in [-0.1, -0.05) is 47.1 Å². The molecular formula is C19H17BrN4O. The molecule has 2 aromatic heterocycles. The highest BCUT2D eigenvalue weighted by Gasteiger charge is 2.37. The van der Waals surface area contributed by atoms with Crippen molar-refractivity contribution in [3.8, 4) is 17.5 Å². The maximum Gasteiger partial charge on any atom is 0.259 e. The summed E-state index contributed by atoms with van der Waals surface area (Å²) in [6.45, 7) is 6.40. The summed E-state index contributed by atoms with van der Waals surface area (Å²) in [6, 6.07) is 13.6. The molecule has 0 fully saturated rings. The normalized spacial score (nSPS) is 13.4. The Bertz CT molecular complexity index is 910. The summed E-state index contributed by atoms with van der Waals surface area (Å²) in [5, 5.41) is 13.1. The van der Waals surface area contributed by atoms with Crippen molar-refractivity contribution in [1.82, 2.24) is 15.1 Å². The van der Waals surface area contributed by atoms with E-state index >= 15 is 0 Å². The molecule has 0 spiro atoms. The molecule has 1 aromatic carbocycles. The molecule has 3 rings (SSSR count). The van der Waals surface area contributed by atoms with Crippen LogP contribution in [-0.4, -0.2) is 15.1 Å². The molecule has 0 amide bonds. The van der Waals surface area contributed by atoms with E-state index in [1.165, 1.54) is 0 Å². The molecule has 1 atom stereocenters. The Hall–Kier alpha value is -2.52. The van der Waals surface area contributed by atoms with Crippen LogP contribution in [0.2, 0.25) is 0 Å². The van der Waals surface area contributed by atoms with E-state index in [1.54, 1.807) is 18.3 Å². The number of pyridine rings is 1. The van der Waals surface area contributed by atoms with E-state index in [2.05, 4.69) is 64.0 Å². The lowest BCUT2D eigenvalue weighted by atomic mass is 9.73. The molecule has 0 saturated carbocycles. The van der Waals surface area contributed by atoms with Crippen LogP contribution in [0.1, 0.15) is 37.9 Å². The average Bonchev–Trinajstić information content (AvgIpc) is 3.12. The first-order valence-corrected chi connectivity index (χ1v) is 8.71. The average molecular weight is 397 g/mol. The van der Waals surface area contributed by atoms with Gasteiger partial charge < -0.3 is 4.52 Å². The highest BCUT2D eigenvalue weighted by Crippen LogP contribution is 2.38. The zero-order valence-electron chi connectivity index (χ0n) is 14.2. The second-order valence-corrected chi connectivity index (χ2v) is 7.25. The van der Waals surface area contributed by atoms with Crippen molar-refractivity contribution < 1.29 is 4.52 Å². The highest BCUT2D eigenvalue weighted by atomic mass is 79.9. The Balaban J connectivity index is 2.02. The molecule has 0 saturated heterocycles. The molecule has 0 aliphatic carbocycles. The van der Waals surface area contributed by atoms with Gasteiger partial charge in [0.2, 0.25) is 0 Å². The van der Waals surface area contributed by atoms with Gasteiger partial charge in [0.1, 0.15) is 11.8 Å². The summed E-state index contributed by atoms with van der Waals surface area (Å²) in [4.78, 5) is 8.67. The number of aromatic nitrogens is 3. The zero-order valence-corrected chi connectivity index (χ0v) is 15.8. The summed E-state index contributed by atoms with van der Waals surface area (Å²) in [5.41, 5.74) is 1.78.